The number of nitrogens with one attached hydrogen (secondary N) is 1. The van der Waals surface area contributed by atoms with Gasteiger partial charge in [0.2, 0.25) is 0 Å². The number of nitrogens with zero attached hydrogens (tertiary/aromatic N) is 4. The molecule has 1 aliphatic rings. The van der Waals surface area contributed by atoms with Crippen LogP contribution < -0.4 is 5.32 Å². The monoisotopic (exact) mass is 327 g/mol. The summed E-state index contributed by atoms with van der Waals surface area (Å²) in [6, 6.07) is 4.25. The van der Waals surface area contributed by atoms with Crippen molar-refractivity contribution in [2.75, 3.05) is 19.6 Å². The molecule has 6 nitrogen and oxygen atoms in total. The van der Waals surface area contributed by atoms with Crippen LogP contribution in [0.25, 0.3) is 0 Å². The molecule has 114 valence electrons. The molecule has 3 heterocycles. The fraction of sp³-hybridized carbons (Fsp3) is 0.462. The fourth-order valence-electron chi connectivity index (χ4n) is 2.33. The molecule has 0 aromatic carbocycles. The van der Waals surface area contributed by atoms with Crippen molar-refractivity contribution >= 4 is 29.7 Å². The van der Waals surface area contributed by atoms with Crippen molar-refractivity contribution in [1.82, 2.24) is 25.2 Å². The molecule has 1 aliphatic heterocycles. The third-order valence-electron chi connectivity index (χ3n) is 3.42. The number of carbonyl (C=O) groups excluding carboxylic acids is 1. The molecule has 1 atom stereocenters. The Kier molecular flexibility index (Phi) is 5.33. The van der Waals surface area contributed by atoms with Gasteiger partial charge in [0.25, 0.3) is 5.91 Å². The van der Waals surface area contributed by atoms with Gasteiger partial charge >= 0.3 is 0 Å². The van der Waals surface area contributed by atoms with Crippen LogP contribution in [-0.4, -0.2) is 51.5 Å². The Balaban J connectivity index is 0.00000161. The summed E-state index contributed by atoms with van der Waals surface area (Å²) < 4.78 is 1.71. The molecule has 0 spiro atoms. The number of thiophene rings is 1. The number of carbonyl (C=O) groups is 1. The molecule has 0 aliphatic carbocycles. The minimum absolute atomic E-state index is 0. The molecule has 0 bridgehead atoms. The maximum atomic E-state index is 12.4. The van der Waals surface area contributed by atoms with Crippen LogP contribution in [0.3, 0.4) is 0 Å². The van der Waals surface area contributed by atoms with Gasteiger partial charge in [0.15, 0.2) is 5.69 Å². The summed E-state index contributed by atoms with van der Waals surface area (Å²) in [7, 11) is 0. The molecule has 2 aromatic rings. The van der Waals surface area contributed by atoms with Crippen LogP contribution in [0.1, 0.15) is 22.3 Å². The highest BCUT2D eigenvalue weighted by molar-refractivity contribution is 7.09. The van der Waals surface area contributed by atoms with E-state index >= 15 is 0 Å². The zero-order valence-corrected chi connectivity index (χ0v) is 13.4. The summed E-state index contributed by atoms with van der Waals surface area (Å²) in [5, 5.41) is 13.4. The molecule has 0 radical (unpaired) electrons. The average Bonchev–Trinajstić information content (AvgIpc) is 3.11. The third-order valence-corrected chi connectivity index (χ3v) is 4.28. The van der Waals surface area contributed by atoms with Crippen molar-refractivity contribution in [2.45, 2.75) is 19.5 Å². The van der Waals surface area contributed by atoms with E-state index in [9.17, 15) is 4.79 Å². The maximum Gasteiger partial charge on any atom is 0.276 e. The van der Waals surface area contributed by atoms with Gasteiger partial charge in [0.05, 0.1) is 12.7 Å². The molecular formula is C13H18ClN5OS. The first-order valence-corrected chi connectivity index (χ1v) is 7.56. The van der Waals surface area contributed by atoms with Gasteiger partial charge in [-0.2, -0.15) is 0 Å². The molecule has 1 fully saturated rings. The molecule has 1 saturated heterocycles. The van der Waals surface area contributed by atoms with E-state index in [1.54, 1.807) is 22.2 Å². The molecule has 3 rings (SSSR count). The summed E-state index contributed by atoms with van der Waals surface area (Å²) >= 11 is 1.67. The van der Waals surface area contributed by atoms with E-state index in [0.717, 1.165) is 19.6 Å². The van der Waals surface area contributed by atoms with Crippen LogP contribution in [-0.2, 0) is 6.54 Å². The van der Waals surface area contributed by atoms with E-state index < -0.39 is 0 Å². The van der Waals surface area contributed by atoms with Crippen molar-refractivity contribution in [3.8, 4) is 0 Å². The number of aromatic nitrogens is 3. The summed E-state index contributed by atoms with van der Waals surface area (Å²) in [6.45, 7) is 5.08. The second kappa shape index (κ2) is 7.02. The van der Waals surface area contributed by atoms with Crippen molar-refractivity contribution in [3.63, 3.8) is 0 Å². The molecule has 2 aromatic heterocycles. The Morgan fingerprint density at radius 2 is 2.43 bits per heavy atom. The molecular weight excluding hydrogens is 310 g/mol. The first-order valence-electron chi connectivity index (χ1n) is 6.68. The number of amides is 1. The third kappa shape index (κ3) is 3.61. The van der Waals surface area contributed by atoms with Crippen LogP contribution in [0, 0.1) is 0 Å². The highest BCUT2D eigenvalue weighted by Gasteiger charge is 2.25. The van der Waals surface area contributed by atoms with Crippen LogP contribution in [0.2, 0.25) is 0 Å². The van der Waals surface area contributed by atoms with Crippen LogP contribution in [0.5, 0.6) is 0 Å². The maximum absolute atomic E-state index is 12.4. The first-order chi connectivity index (χ1) is 9.74. The Bertz CT molecular complexity index is 585. The summed E-state index contributed by atoms with van der Waals surface area (Å²) in [4.78, 5) is 15.5. The lowest BCUT2D eigenvalue weighted by Crippen LogP contribution is -2.52. The largest absolute Gasteiger partial charge is 0.332 e. The Hall–Kier alpha value is -1.44. The van der Waals surface area contributed by atoms with Crippen molar-refractivity contribution in [3.05, 3.63) is 34.3 Å². The Labute approximate surface area is 133 Å². The lowest BCUT2D eigenvalue weighted by molar-refractivity contribution is 0.0649. The fourth-order valence-corrected chi connectivity index (χ4v) is 3.02. The van der Waals surface area contributed by atoms with Crippen LogP contribution >= 0.6 is 23.7 Å². The second-order valence-electron chi connectivity index (χ2n) is 4.93. The normalized spacial score (nSPS) is 18.3. The van der Waals surface area contributed by atoms with Gasteiger partial charge in [-0.1, -0.05) is 11.3 Å². The first kappa shape index (κ1) is 15.9. The zero-order chi connectivity index (χ0) is 13.9. The smallest absolute Gasteiger partial charge is 0.276 e. The number of rotatable bonds is 3. The van der Waals surface area contributed by atoms with E-state index in [1.165, 1.54) is 4.88 Å². The van der Waals surface area contributed by atoms with E-state index in [-0.39, 0.29) is 24.4 Å². The molecule has 21 heavy (non-hydrogen) atoms. The van der Waals surface area contributed by atoms with Gasteiger partial charge in [-0.15, -0.1) is 28.8 Å². The van der Waals surface area contributed by atoms with Gasteiger partial charge < -0.3 is 10.2 Å². The number of hydrogen-bond donors (Lipinski definition) is 1. The average molecular weight is 328 g/mol. The molecule has 0 saturated carbocycles. The molecule has 0 unspecified atom stereocenters. The molecule has 1 amide bonds. The van der Waals surface area contributed by atoms with E-state index in [2.05, 4.69) is 15.6 Å². The predicted molar refractivity (Wildman–Crippen MR) is 84.1 cm³/mol. The topological polar surface area (TPSA) is 63.1 Å². The zero-order valence-electron chi connectivity index (χ0n) is 11.7. The van der Waals surface area contributed by atoms with E-state index in [1.807, 2.05) is 29.3 Å². The standard InChI is InChI=1S/C13H17N5OS.ClH/c1-10-7-14-4-5-18(10)13(19)12-9-17(16-15-12)8-11-3-2-6-20-11;/h2-3,6,9-10,14H,4-5,7-8H2,1H3;1H/t10-;/m0./s1. The Morgan fingerprint density at radius 3 is 3.14 bits per heavy atom. The number of halogens is 1. The van der Waals surface area contributed by atoms with Gasteiger partial charge in [-0.05, 0) is 18.4 Å². The Morgan fingerprint density at radius 1 is 1.57 bits per heavy atom. The van der Waals surface area contributed by atoms with Gasteiger partial charge in [0.1, 0.15) is 0 Å². The highest BCUT2D eigenvalue weighted by atomic mass is 35.5. The van der Waals surface area contributed by atoms with Crippen molar-refractivity contribution in [2.24, 2.45) is 0 Å². The summed E-state index contributed by atoms with van der Waals surface area (Å²) in [6.07, 6.45) is 1.73. The van der Waals surface area contributed by atoms with Gasteiger partial charge in [-0.3, -0.25) is 4.79 Å². The SMILES string of the molecule is C[C@H]1CNCCN1C(=O)c1cn(Cc2cccs2)nn1.Cl. The second-order valence-corrected chi connectivity index (χ2v) is 5.96. The summed E-state index contributed by atoms with van der Waals surface area (Å²) in [5.74, 6) is -0.0311. The van der Waals surface area contributed by atoms with E-state index in [0.29, 0.717) is 12.2 Å². The lowest BCUT2D eigenvalue weighted by atomic mass is 10.2. The van der Waals surface area contributed by atoms with E-state index in [4.69, 9.17) is 0 Å². The summed E-state index contributed by atoms with van der Waals surface area (Å²) in [5.41, 5.74) is 0.426. The highest BCUT2D eigenvalue weighted by Crippen LogP contribution is 2.11. The minimum atomic E-state index is -0.0311. The molecule has 8 heteroatoms. The number of hydrogen-bond acceptors (Lipinski definition) is 5. The van der Waals surface area contributed by atoms with Crippen LogP contribution in [0.4, 0.5) is 0 Å². The van der Waals surface area contributed by atoms with Gasteiger partial charge in [-0.25, -0.2) is 4.68 Å². The lowest BCUT2D eigenvalue weighted by Gasteiger charge is -2.33. The quantitative estimate of drug-likeness (QED) is 0.921. The van der Waals surface area contributed by atoms with Gasteiger partial charge in [0, 0.05) is 30.6 Å². The predicted octanol–water partition coefficient (Wildman–Crippen LogP) is 1.24. The molecule has 1 N–H and O–H groups in total. The number of piperazine rings is 1. The minimum Gasteiger partial charge on any atom is -0.332 e. The van der Waals surface area contributed by atoms with Crippen molar-refractivity contribution < 1.29 is 4.79 Å². The van der Waals surface area contributed by atoms with Crippen molar-refractivity contribution in [1.29, 1.82) is 0 Å². The van der Waals surface area contributed by atoms with Crippen LogP contribution in [0.15, 0.2) is 23.7 Å².